The molecule has 0 aliphatic rings. The van der Waals surface area contributed by atoms with Gasteiger partial charge in [-0.2, -0.15) is 10.1 Å². The van der Waals surface area contributed by atoms with Gasteiger partial charge in [-0.25, -0.2) is 9.89 Å². The molecule has 0 saturated heterocycles. The number of primary amides is 1. The van der Waals surface area contributed by atoms with Gasteiger partial charge in [0.25, 0.3) is 5.91 Å². The summed E-state index contributed by atoms with van der Waals surface area (Å²) in [6, 6.07) is 15.1. The third-order valence-electron chi connectivity index (χ3n) is 5.48. The van der Waals surface area contributed by atoms with E-state index in [-0.39, 0.29) is 11.0 Å². The number of nitrogens with two attached hydrogens (primary N) is 1. The molecule has 9 heteroatoms. The predicted octanol–water partition coefficient (Wildman–Crippen LogP) is 3.07. The number of amides is 1. The highest BCUT2D eigenvalue weighted by Crippen LogP contribution is 2.33. The summed E-state index contributed by atoms with van der Waals surface area (Å²) < 4.78 is 6.19. The van der Waals surface area contributed by atoms with Gasteiger partial charge in [0.05, 0.1) is 43.0 Å². The molecule has 2 aromatic heterocycles. The number of rotatable bonds is 8. The van der Waals surface area contributed by atoms with E-state index in [1.54, 1.807) is 0 Å². The minimum atomic E-state index is -0.455. The number of carbonyl (C=O) groups excluding carboxylic acids is 1. The minimum Gasteiger partial charge on any atom is -0.493 e. The maximum absolute atomic E-state index is 12.5. The van der Waals surface area contributed by atoms with Gasteiger partial charge in [-0.3, -0.25) is 9.28 Å². The summed E-state index contributed by atoms with van der Waals surface area (Å²) in [5.74, 6) is 1.39. The molecule has 4 N–H and O–H groups in total. The molecule has 1 amide bonds. The molecule has 0 unspecified atom stereocenters. The molecule has 0 aliphatic carbocycles. The Balaban J connectivity index is 1.79. The van der Waals surface area contributed by atoms with Gasteiger partial charge in [0.15, 0.2) is 6.54 Å². The quantitative estimate of drug-likeness (QED) is 0.348. The van der Waals surface area contributed by atoms with Crippen LogP contribution in [0.1, 0.15) is 13.8 Å². The maximum Gasteiger partial charge on any atom is 0.345 e. The summed E-state index contributed by atoms with van der Waals surface area (Å²) in [5.41, 5.74) is 8.40. The first-order valence-electron chi connectivity index (χ1n) is 11.1. The average molecular weight is 462 g/mol. The maximum atomic E-state index is 12.5. The number of quaternary nitrogens is 1. The highest BCUT2D eigenvalue weighted by Gasteiger charge is 2.27. The number of fused-ring (bicyclic) bond motifs is 1. The molecule has 0 radical (unpaired) electrons. The van der Waals surface area contributed by atoms with Gasteiger partial charge in [-0.05, 0) is 36.2 Å². The molecule has 0 saturated carbocycles. The van der Waals surface area contributed by atoms with Gasteiger partial charge < -0.3 is 15.5 Å². The molecule has 9 nitrogen and oxygen atoms in total. The first-order chi connectivity index (χ1) is 16.1. The number of nitrogens with zero attached hydrogens (tertiary/aromatic N) is 3. The number of para-hydroxylation sites is 1. The normalized spacial score (nSPS) is 11.8. The first kappa shape index (κ1) is 23.2. The van der Waals surface area contributed by atoms with Gasteiger partial charge in [-0.15, -0.1) is 0 Å². The lowest BCUT2D eigenvalue weighted by atomic mass is 10.1. The van der Waals surface area contributed by atoms with Gasteiger partial charge in [0.1, 0.15) is 5.75 Å². The number of ether oxygens (including phenoxy) is 1. The van der Waals surface area contributed by atoms with Crippen molar-refractivity contribution < 1.29 is 9.53 Å². The zero-order valence-corrected chi connectivity index (χ0v) is 19.8. The second kappa shape index (κ2) is 9.11. The number of hydrogen-bond acceptors (Lipinski definition) is 5. The van der Waals surface area contributed by atoms with Gasteiger partial charge in [-0.1, -0.05) is 32.0 Å². The topological polar surface area (TPSA) is 127 Å². The Hall–Kier alpha value is -3.98. The van der Waals surface area contributed by atoms with Crippen LogP contribution in [0.3, 0.4) is 0 Å². The third-order valence-corrected chi connectivity index (χ3v) is 5.48. The predicted molar refractivity (Wildman–Crippen MR) is 133 cm³/mol. The van der Waals surface area contributed by atoms with E-state index in [1.165, 1.54) is 0 Å². The molecule has 0 bridgehead atoms. The molecule has 0 spiro atoms. The van der Waals surface area contributed by atoms with Crippen LogP contribution in [0.4, 0.5) is 5.82 Å². The van der Waals surface area contributed by atoms with Crippen molar-refractivity contribution in [3.63, 3.8) is 0 Å². The van der Waals surface area contributed by atoms with Gasteiger partial charge in [0, 0.05) is 11.1 Å². The van der Waals surface area contributed by atoms with Crippen molar-refractivity contribution in [2.75, 3.05) is 27.2 Å². The smallest absolute Gasteiger partial charge is 0.345 e. The Kier molecular flexibility index (Phi) is 6.21. The monoisotopic (exact) mass is 461 g/mol. The fourth-order valence-corrected chi connectivity index (χ4v) is 3.91. The van der Waals surface area contributed by atoms with Gasteiger partial charge in [0.2, 0.25) is 5.82 Å². The second-order valence-corrected chi connectivity index (χ2v) is 9.30. The van der Waals surface area contributed by atoms with Crippen molar-refractivity contribution in [2.45, 2.75) is 13.8 Å². The number of aromatic amines is 2. The van der Waals surface area contributed by atoms with E-state index in [1.807, 2.05) is 62.6 Å². The zero-order chi connectivity index (χ0) is 24.5. The van der Waals surface area contributed by atoms with E-state index in [9.17, 15) is 9.59 Å². The highest BCUT2D eigenvalue weighted by atomic mass is 16.5. The van der Waals surface area contributed by atoms with Crippen molar-refractivity contribution in [3.8, 4) is 28.3 Å². The van der Waals surface area contributed by atoms with Crippen LogP contribution in [0.15, 0.2) is 53.3 Å². The summed E-state index contributed by atoms with van der Waals surface area (Å²) in [5, 5.41) is 8.21. The van der Waals surface area contributed by atoms with E-state index < -0.39 is 11.6 Å². The molecule has 176 valence electrons. The van der Waals surface area contributed by atoms with Crippen molar-refractivity contribution in [3.05, 3.63) is 59.0 Å². The van der Waals surface area contributed by atoms with Crippen LogP contribution in [0.2, 0.25) is 0 Å². The summed E-state index contributed by atoms with van der Waals surface area (Å²) in [4.78, 5) is 31.1. The van der Waals surface area contributed by atoms with Crippen LogP contribution >= 0.6 is 0 Å². The third kappa shape index (κ3) is 4.84. The molecule has 0 atom stereocenters. The van der Waals surface area contributed by atoms with Crippen molar-refractivity contribution in [1.29, 1.82) is 0 Å². The molecular weight excluding hydrogens is 432 g/mol. The Morgan fingerprint density at radius 2 is 1.91 bits per heavy atom. The molecular formula is C25H29N6O3+. The number of aromatic nitrogens is 4. The van der Waals surface area contributed by atoms with Crippen LogP contribution in [-0.2, 0) is 4.79 Å². The van der Waals surface area contributed by atoms with Crippen molar-refractivity contribution >= 4 is 22.6 Å². The first-order valence-corrected chi connectivity index (χ1v) is 11.1. The minimum absolute atomic E-state index is 0.113. The van der Waals surface area contributed by atoms with Crippen LogP contribution < -0.4 is 20.6 Å². The zero-order valence-electron chi connectivity index (χ0n) is 19.8. The molecule has 2 aromatic carbocycles. The molecule has 4 rings (SSSR count). The van der Waals surface area contributed by atoms with E-state index in [4.69, 9.17) is 10.5 Å². The summed E-state index contributed by atoms with van der Waals surface area (Å²) in [7, 11) is 3.75. The fraction of sp³-hybridized carbons (Fsp3) is 0.280. The Morgan fingerprint density at radius 1 is 1.15 bits per heavy atom. The number of carbonyl (C=O) groups is 1. The Labute approximate surface area is 197 Å². The average Bonchev–Trinajstić information content (AvgIpc) is 3.21. The fourth-order valence-electron chi connectivity index (χ4n) is 3.91. The summed E-state index contributed by atoms with van der Waals surface area (Å²) >= 11 is 0. The SMILES string of the molecule is CC(C)COc1ccccc1-c1cc(-c2ccc3n[nH]c([N+](C)(C)CC(N)=O)c3c2)nc(=O)[nH]1. The van der Waals surface area contributed by atoms with Gasteiger partial charge >= 0.3 is 5.69 Å². The number of H-pyrrole nitrogens is 2. The standard InChI is InChI=1S/C25H28N6O3/c1-15(2)14-34-22-8-6-5-7-17(22)21-12-20(27-25(33)28-21)16-9-10-19-18(11-16)24(30-29-19)31(3,4)13-23(26)32/h5-12,15H,13-14H2,1-4H3,(H3-,26,27,28,29,30,32,33)/p+1. The van der Waals surface area contributed by atoms with E-state index in [2.05, 4.69) is 34.0 Å². The van der Waals surface area contributed by atoms with E-state index >= 15 is 0 Å². The number of likely N-dealkylation sites (N-methyl/N-ethyl adjacent to an activating group) is 1. The van der Waals surface area contributed by atoms with Crippen LogP contribution in [0, 0.1) is 5.92 Å². The lowest BCUT2D eigenvalue weighted by molar-refractivity contribution is -0.118. The molecule has 0 aliphatic heterocycles. The van der Waals surface area contributed by atoms with Crippen molar-refractivity contribution in [2.24, 2.45) is 11.7 Å². The number of benzene rings is 2. The summed E-state index contributed by atoms with van der Waals surface area (Å²) in [6.07, 6.45) is 0. The molecule has 34 heavy (non-hydrogen) atoms. The van der Waals surface area contributed by atoms with E-state index in [0.717, 1.165) is 27.8 Å². The molecule has 2 heterocycles. The lowest BCUT2D eigenvalue weighted by Gasteiger charge is -2.25. The Morgan fingerprint density at radius 3 is 2.65 bits per heavy atom. The van der Waals surface area contributed by atoms with Crippen LogP contribution in [-0.4, -0.2) is 53.3 Å². The Bertz CT molecular complexity index is 1400. The number of nitrogens with one attached hydrogen (secondary N) is 2. The number of hydrogen-bond donors (Lipinski definition) is 3. The lowest BCUT2D eigenvalue weighted by Crippen LogP contribution is -2.47. The largest absolute Gasteiger partial charge is 0.493 e. The highest BCUT2D eigenvalue weighted by molar-refractivity contribution is 5.93. The van der Waals surface area contributed by atoms with E-state index in [0.29, 0.717) is 29.7 Å². The molecule has 0 fully saturated rings. The van der Waals surface area contributed by atoms with Crippen molar-refractivity contribution in [1.82, 2.24) is 24.6 Å². The second-order valence-electron chi connectivity index (χ2n) is 9.30. The summed E-state index contributed by atoms with van der Waals surface area (Å²) in [6.45, 7) is 4.85. The van der Waals surface area contributed by atoms with Crippen LogP contribution in [0.25, 0.3) is 33.4 Å². The van der Waals surface area contributed by atoms with Crippen LogP contribution in [0.5, 0.6) is 5.75 Å². The molecule has 4 aromatic rings.